The van der Waals surface area contributed by atoms with Gasteiger partial charge in [0.25, 0.3) is 0 Å². The number of hydrogen-bond acceptors (Lipinski definition) is 0. The molecule has 0 radical (unpaired) electrons. The fourth-order valence-electron chi connectivity index (χ4n) is 3.00. The average molecular weight is 256 g/mol. The second-order valence-electron chi connectivity index (χ2n) is 6.26. The van der Waals surface area contributed by atoms with E-state index < -0.39 is 11.7 Å². The van der Waals surface area contributed by atoms with Gasteiger partial charge in [-0.3, -0.25) is 0 Å². The Morgan fingerprint density at radius 2 is 1.67 bits per heavy atom. The molecule has 0 N–H and O–H groups in total. The van der Waals surface area contributed by atoms with Crippen LogP contribution < -0.4 is 0 Å². The van der Waals surface area contributed by atoms with Crippen molar-refractivity contribution in [3.8, 4) is 0 Å². The van der Waals surface area contributed by atoms with Crippen LogP contribution in [-0.4, -0.2) is 0 Å². The molecule has 0 aromatic heterocycles. The molecule has 0 amide bonds. The predicted octanol–water partition coefficient (Wildman–Crippen LogP) is 5.17. The topological polar surface area (TPSA) is 0 Å². The van der Waals surface area contributed by atoms with E-state index in [2.05, 4.69) is 20.8 Å². The SMILES string of the molecule is CC(C)(C)C1(c2cccc(C(F)(F)F)c2)CCC1. The number of hydrogen-bond donors (Lipinski definition) is 0. The Balaban J connectivity index is 2.45. The summed E-state index contributed by atoms with van der Waals surface area (Å²) in [7, 11) is 0. The molecule has 3 heteroatoms. The van der Waals surface area contributed by atoms with E-state index in [1.54, 1.807) is 0 Å². The van der Waals surface area contributed by atoms with Gasteiger partial charge in [-0.15, -0.1) is 0 Å². The maximum absolute atomic E-state index is 12.8. The first-order chi connectivity index (χ1) is 8.17. The highest BCUT2D eigenvalue weighted by Gasteiger charge is 2.48. The van der Waals surface area contributed by atoms with Crippen molar-refractivity contribution in [2.45, 2.75) is 51.6 Å². The molecule has 0 nitrogen and oxygen atoms in total. The molecule has 1 aliphatic rings. The highest BCUT2D eigenvalue weighted by Crippen LogP contribution is 2.55. The molecule has 0 heterocycles. The number of alkyl halides is 3. The largest absolute Gasteiger partial charge is 0.416 e. The van der Waals surface area contributed by atoms with E-state index in [4.69, 9.17) is 0 Å². The second kappa shape index (κ2) is 4.01. The normalized spacial score (nSPS) is 19.4. The maximum atomic E-state index is 12.8. The van der Waals surface area contributed by atoms with Crippen molar-refractivity contribution in [1.82, 2.24) is 0 Å². The van der Waals surface area contributed by atoms with Gasteiger partial charge in [0.2, 0.25) is 0 Å². The zero-order valence-electron chi connectivity index (χ0n) is 11.1. The average Bonchev–Trinajstić information content (AvgIpc) is 2.12. The van der Waals surface area contributed by atoms with Crippen molar-refractivity contribution in [2.75, 3.05) is 0 Å². The van der Waals surface area contributed by atoms with Gasteiger partial charge in [0.15, 0.2) is 0 Å². The van der Waals surface area contributed by atoms with Crippen molar-refractivity contribution in [3.63, 3.8) is 0 Å². The molecular weight excluding hydrogens is 237 g/mol. The smallest absolute Gasteiger partial charge is 0.166 e. The molecular formula is C15H19F3. The third-order valence-corrected chi connectivity index (χ3v) is 4.39. The standard InChI is InChI=1S/C15H19F3/c1-13(2,3)14(8-5-9-14)11-6-4-7-12(10-11)15(16,17)18/h4,6-7,10H,5,8-9H2,1-3H3. The van der Waals surface area contributed by atoms with Crippen molar-refractivity contribution in [1.29, 1.82) is 0 Å². The molecule has 0 spiro atoms. The van der Waals surface area contributed by atoms with Crippen molar-refractivity contribution in [3.05, 3.63) is 35.4 Å². The van der Waals surface area contributed by atoms with Gasteiger partial charge in [0.05, 0.1) is 5.56 Å². The van der Waals surface area contributed by atoms with Gasteiger partial charge in [-0.05, 0) is 29.9 Å². The third-order valence-electron chi connectivity index (χ3n) is 4.39. The zero-order chi connectivity index (χ0) is 13.6. The van der Waals surface area contributed by atoms with E-state index in [1.807, 2.05) is 6.07 Å². The van der Waals surface area contributed by atoms with Crippen LogP contribution >= 0.6 is 0 Å². The molecule has 1 aromatic rings. The first-order valence-corrected chi connectivity index (χ1v) is 6.35. The molecule has 100 valence electrons. The summed E-state index contributed by atoms with van der Waals surface area (Å²) in [5, 5.41) is 0. The zero-order valence-corrected chi connectivity index (χ0v) is 11.1. The Morgan fingerprint density at radius 1 is 1.06 bits per heavy atom. The van der Waals surface area contributed by atoms with Crippen LogP contribution in [0.2, 0.25) is 0 Å². The summed E-state index contributed by atoms with van der Waals surface area (Å²) in [5.74, 6) is 0. The van der Waals surface area contributed by atoms with E-state index in [0.29, 0.717) is 0 Å². The summed E-state index contributed by atoms with van der Waals surface area (Å²) < 4.78 is 38.3. The van der Waals surface area contributed by atoms with Crippen LogP contribution in [0.1, 0.15) is 51.2 Å². The second-order valence-corrected chi connectivity index (χ2v) is 6.26. The predicted molar refractivity (Wildman–Crippen MR) is 66.4 cm³/mol. The molecule has 0 atom stereocenters. The monoisotopic (exact) mass is 256 g/mol. The Hall–Kier alpha value is -0.990. The lowest BCUT2D eigenvalue weighted by atomic mass is 9.52. The van der Waals surface area contributed by atoms with E-state index in [0.717, 1.165) is 30.9 Å². The number of rotatable bonds is 1. The first kappa shape index (κ1) is 13.4. The Kier molecular flexibility index (Phi) is 2.99. The van der Waals surface area contributed by atoms with E-state index >= 15 is 0 Å². The minimum atomic E-state index is -4.25. The van der Waals surface area contributed by atoms with E-state index in [9.17, 15) is 13.2 Å². The third kappa shape index (κ3) is 2.04. The van der Waals surface area contributed by atoms with Gasteiger partial charge in [0, 0.05) is 5.41 Å². The molecule has 0 saturated heterocycles. The molecule has 18 heavy (non-hydrogen) atoms. The van der Waals surface area contributed by atoms with Crippen molar-refractivity contribution < 1.29 is 13.2 Å². The quantitative estimate of drug-likeness (QED) is 0.650. The van der Waals surface area contributed by atoms with Crippen LogP contribution in [0.5, 0.6) is 0 Å². The van der Waals surface area contributed by atoms with Crippen LogP contribution in [0.3, 0.4) is 0 Å². The Bertz CT molecular complexity index is 434. The lowest BCUT2D eigenvalue weighted by Gasteiger charge is -2.52. The summed E-state index contributed by atoms with van der Waals surface area (Å²) >= 11 is 0. The Morgan fingerprint density at radius 3 is 2.06 bits per heavy atom. The van der Waals surface area contributed by atoms with Gasteiger partial charge in [0.1, 0.15) is 0 Å². The lowest BCUT2D eigenvalue weighted by molar-refractivity contribution is -0.137. The number of halogens is 3. The van der Waals surface area contributed by atoms with Crippen LogP contribution in [0.25, 0.3) is 0 Å². The molecule has 1 saturated carbocycles. The Labute approximate surface area is 106 Å². The first-order valence-electron chi connectivity index (χ1n) is 6.35. The van der Waals surface area contributed by atoms with Crippen molar-refractivity contribution >= 4 is 0 Å². The molecule has 1 aliphatic carbocycles. The summed E-state index contributed by atoms with van der Waals surface area (Å²) in [6.45, 7) is 6.35. The fourth-order valence-corrected chi connectivity index (χ4v) is 3.00. The summed E-state index contributed by atoms with van der Waals surface area (Å²) in [4.78, 5) is 0. The van der Waals surface area contributed by atoms with Gasteiger partial charge in [-0.25, -0.2) is 0 Å². The molecule has 2 rings (SSSR count). The van der Waals surface area contributed by atoms with Crippen molar-refractivity contribution in [2.24, 2.45) is 5.41 Å². The lowest BCUT2D eigenvalue weighted by Crippen LogP contribution is -2.46. The van der Waals surface area contributed by atoms with E-state index in [1.165, 1.54) is 12.1 Å². The molecule has 0 bridgehead atoms. The van der Waals surface area contributed by atoms with E-state index in [-0.39, 0.29) is 10.8 Å². The highest BCUT2D eigenvalue weighted by atomic mass is 19.4. The summed E-state index contributed by atoms with van der Waals surface area (Å²) in [5.41, 5.74) is 0.218. The minimum Gasteiger partial charge on any atom is -0.166 e. The van der Waals surface area contributed by atoms with Gasteiger partial charge in [-0.2, -0.15) is 13.2 Å². The maximum Gasteiger partial charge on any atom is 0.416 e. The van der Waals surface area contributed by atoms with Crippen LogP contribution in [-0.2, 0) is 11.6 Å². The van der Waals surface area contributed by atoms with Gasteiger partial charge in [-0.1, -0.05) is 45.4 Å². The van der Waals surface area contributed by atoms with Gasteiger partial charge >= 0.3 is 6.18 Å². The van der Waals surface area contributed by atoms with Crippen LogP contribution in [0.4, 0.5) is 13.2 Å². The van der Waals surface area contributed by atoms with Gasteiger partial charge < -0.3 is 0 Å². The fraction of sp³-hybridized carbons (Fsp3) is 0.600. The summed E-state index contributed by atoms with van der Waals surface area (Å²) in [6, 6.07) is 5.87. The highest BCUT2D eigenvalue weighted by molar-refractivity contribution is 5.35. The molecule has 0 aliphatic heterocycles. The van der Waals surface area contributed by atoms with Crippen LogP contribution in [0, 0.1) is 5.41 Å². The molecule has 0 unspecified atom stereocenters. The summed E-state index contributed by atoms with van der Waals surface area (Å²) in [6.07, 6.45) is -1.18. The van der Waals surface area contributed by atoms with Crippen LogP contribution in [0.15, 0.2) is 24.3 Å². The molecule has 1 aromatic carbocycles. The number of benzene rings is 1. The minimum absolute atomic E-state index is 0.00449. The molecule has 1 fully saturated rings.